The lowest BCUT2D eigenvalue weighted by Crippen LogP contribution is -2.26. The van der Waals surface area contributed by atoms with Gasteiger partial charge in [0.2, 0.25) is 0 Å². The van der Waals surface area contributed by atoms with Gasteiger partial charge in [-0.25, -0.2) is 0 Å². The van der Waals surface area contributed by atoms with E-state index in [1.54, 1.807) is 31.4 Å². The van der Waals surface area contributed by atoms with Crippen molar-refractivity contribution in [2.24, 2.45) is 0 Å². The van der Waals surface area contributed by atoms with Crippen molar-refractivity contribution in [1.29, 1.82) is 0 Å². The number of amides is 1. The van der Waals surface area contributed by atoms with Gasteiger partial charge in [0.25, 0.3) is 5.91 Å². The second-order valence-corrected chi connectivity index (χ2v) is 5.33. The van der Waals surface area contributed by atoms with Gasteiger partial charge in [0.05, 0.1) is 13.2 Å². The van der Waals surface area contributed by atoms with Crippen LogP contribution in [0.3, 0.4) is 0 Å². The van der Waals surface area contributed by atoms with Crippen LogP contribution >= 0.6 is 0 Å². The molecular formula is C18H19NO4. The van der Waals surface area contributed by atoms with Gasteiger partial charge in [-0.2, -0.15) is 0 Å². The van der Waals surface area contributed by atoms with Gasteiger partial charge < -0.3 is 19.5 Å². The van der Waals surface area contributed by atoms with Crippen molar-refractivity contribution >= 4 is 5.91 Å². The van der Waals surface area contributed by atoms with Crippen LogP contribution in [-0.2, 0) is 0 Å². The Labute approximate surface area is 135 Å². The minimum absolute atomic E-state index is 0.130. The van der Waals surface area contributed by atoms with Gasteiger partial charge in [-0.1, -0.05) is 6.07 Å². The monoisotopic (exact) mass is 313 g/mol. The predicted molar refractivity (Wildman–Crippen MR) is 86.3 cm³/mol. The smallest absolute Gasteiger partial charge is 0.251 e. The predicted octanol–water partition coefficient (Wildman–Crippen LogP) is 2.96. The van der Waals surface area contributed by atoms with E-state index in [0.717, 1.165) is 22.8 Å². The molecule has 1 N–H and O–H groups in total. The first-order chi connectivity index (χ1) is 11.2. The van der Waals surface area contributed by atoms with Crippen LogP contribution in [0.1, 0.15) is 28.9 Å². The highest BCUT2D eigenvalue weighted by atomic mass is 16.6. The Bertz CT molecular complexity index is 697. The summed E-state index contributed by atoms with van der Waals surface area (Å²) >= 11 is 0. The third-order valence-electron chi connectivity index (χ3n) is 3.77. The van der Waals surface area contributed by atoms with Crippen LogP contribution < -0.4 is 19.5 Å². The minimum Gasteiger partial charge on any atom is -0.497 e. The molecule has 1 amide bonds. The van der Waals surface area contributed by atoms with E-state index in [4.69, 9.17) is 14.2 Å². The molecule has 1 aliphatic rings. The molecule has 120 valence electrons. The summed E-state index contributed by atoms with van der Waals surface area (Å²) < 4.78 is 16.2. The van der Waals surface area contributed by atoms with Crippen molar-refractivity contribution in [3.8, 4) is 17.2 Å². The molecule has 5 heteroatoms. The van der Waals surface area contributed by atoms with Gasteiger partial charge in [0.1, 0.15) is 19.0 Å². The van der Waals surface area contributed by atoms with Crippen LogP contribution in [0.15, 0.2) is 42.5 Å². The van der Waals surface area contributed by atoms with Crippen LogP contribution in [0.4, 0.5) is 0 Å². The maximum absolute atomic E-state index is 12.3. The lowest BCUT2D eigenvalue weighted by atomic mass is 10.1. The largest absolute Gasteiger partial charge is 0.497 e. The first-order valence-corrected chi connectivity index (χ1v) is 7.52. The van der Waals surface area contributed by atoms with Gasteiger partial charge in [0, 0.05) is 5.56 Å². The van der Waals surface area contributed by atoms with E-state index in [1.165, 1.54) is 0 Å². The Balaban J connectivity index is 1.70. The fourth-order valence-corrected chi connectivity index (χ4v) is 2.43. The summed E-state index contributed by atoms with van der Waals surface area (Å²) in [6.45, 7) is 3.05. The molecule has 0 aliphatic carbocycles. The number of ether oxygens (including phenoxy) is 3. The SMILES string of the molecule is COc1ccc(C(=O)NC(C)c2ccc3c(c2)OCCO3)cc1. The molecule has 2 aromatic rings. The second-order valence-electron chi connectivity index (χ2n) is 5.33. The van der Waals surface area contributed by atoms with Crippen LogP contribution in [-0.4, -0.2) is 26.2 Å². The molecule has 1 aliphatic heterocycles. The van der Waals surface area contributed by atoms with Gasteiger partial charge in [0.15, 0.2) is 11.5 Å². The van der Waals surface area contributed by atoms with Gasteiger partial charge in [-0.15, -0.1) is 0 Å². The Hall–Kier alpha value is -2.69. The Morgan fingerprint density at radius 3 is 2.48 bits per heavy atom. The van der Waals surface area contributed by atoms with Crippen molar-refractivity contribution < 1.29 is 19.0 Å². The molecule has 0 radical (unpaired) electrons. The van der Waals surface area contributed by atoms with Crippen molar-refractivity contribution in [1.82, 2.24) is 5.32 Å². The average molecular weight is 313 g/mol. The highest BCUT2D eigenvalue weighted by molar-refractivity contribution is 5.94. The molecule has 0 saturated heterocycles. The summed E-state index contributed by atoms with van der Waals surface area (Å²) in [6, 6.07) is 12.6. The third kappa shape index (κ3) is 3.39. The lowest BCUT2D eigenvalue weighted by Gasteiger charge is -2.21. The number of benzene rings is 2. The van der Waals surface area contributed by atoms with Crippen LogP contribution in [0.25, 0.3) is 0 Å². The zero-order chi connectivity index (χ0) is 16.2. The van der Waals surface area contributed by atoms with Crippen molar-refractivity contribution in [3.63, 3.8) is 0 Å². The van der Waals surface area contributed by atoms with E-state index < -0.39 is 0 Å². The number of fused-ring (bicyclic) bond motifs is 1. The molecule has 0 fully saturated rings. The molecule has 1 unspecified atom stereocenters. The molecule has 2 aromatic carbocycles. The highest BCUT2D eigenvalue weighted by Gasteiger charge is 2.16. The van der Waals surface area contributed by atoms with Gasteiger partial charge in [-0.3, -0.25) is 4.79 Å². The minimum atomic E-state index is -0.138. The molecular weight excluding hydrogens is 294 g/mol. The topological polar surface area (TPSA) is 56.8 Å². The molecule has 1 heterocycles. The van der Waals surface area contributed by atoms with Crippen LogP contribution in [0.5, 0.6) is 17.2 Å². The number of carbonyl (C=O) groups excluding carboxylic acids is 1. The van der Waals surface area contributed by atoms with Crippen molar-refractivity contribution in [3.05, 3.63) is 53.6 Å². The molecule has 1 atom stereocenters. The summed E-state index contributed by atoms with van der Waals surface area (Å²) in [7, 11) is 1.60. The van der Waals surface area contributed by atoms with Crippen LogP contribution in [0.2, 0.25) is 0 Å². The first-order valence-electron chi connectivity index (χ1n) is 7.52. The number of carbonyl (C=O) groups is 1. The zero-order valence-electron chi connectivity index (χ0n) is 13.2. The summed E-state index contributed by atoms with van der Waals surface area (Å²) in [5.41, 5.74) is 1.56. The number of nitrogens with one attached hydrogen (secondary N) is 1. The average Bonchev–Trinajstić information content (AvgIpc) is 2.61. The Kier molecular flexibility index (Phi) is 4.37. The fraction of sp³-hybridized carbons (Fsp3) is 0.278. The maximum atomic E-state index is 12.3. The molecule has 3 rings (SSSR count). The quantitative estimate of drug-likeness (QED) is 0.943. The molecule has 0 saturated carbocycles. The van der Waals surface area contributed by atoms with Crippen molar-refractivity contribution in [2.45, 2.75) is 13.0 Å². The fourth-order valence-electron chi connectivity index (χ4n) is 2.43. The number of methoxy groups -OCH3 is 1. The lowest BCUT2D eigenvalue weighted by molar-refractivity contribution is 0.0939. The van der Waals surface area contributed by atoms with Crippen LogP contribution in [0, 0.1) is 0 Å². The molecule has 5 nitrogen and oxygen atoms in total. The number of hydrogen-bond acceptors (Lipinski definition) is 4. The standard InChI is InChI=1S/C18H19NO4/c1-12(14-5-8-16-17(11-14)23-10-9-22-16)19-18(20)13-3-6-15(21-2)7-4-13/h3-8,11-12H,9-10H2,1-2H3,(H,19,20). The third-order valence-corrected chi connectivity index (χ3v) is 3.77. The summed E-state index contributed by atoms with van der Waals surface area (Å²) in [6.07, 6.45) is 0. The Morgan fingerprint density at radius 1 is 1.09 bits per heavy atom. The van der Waals surface area contributed by atoms with E-state index in [1.807, 2.05) is 25.1 Å². The second kappa shape index (κ2) is 6.60. The molecule has 0 spiro atoms. The molecule has 0 bridgehead atoms. The summed E-state index contributed by atoms with van der Waals surface area (Å²) in [5.74, 6) is 2.06. The number of hydrogen-bond donors (Lipinski definition) is 1. The summed E-state index contributed by atoms with van der Waals surface area (Å²) in [5, 5.41) is 2.98. The van der Waals surface area contributed by atoms with Gasteiger partial charge >= 0.3 is 0 Å². The van der Waals surface area contributed by atoms with E-state index in [0.29, 0.717) is 18.8 Å². The zero-order valence-corrected chi connectivity index (χ0v) is 13.2. The van der Waals surface area contributed by atoms with E-state index >= 15 is 0 Å². The first kappa shape index (κ1) is 15.2. The summed E-state index contributed by atoms with van der Waals surface area (Å²) in [4.78, 5) is 12.3. The normalized spacial score (nSPS) is 14.0. The van der Waals surface area contributed by atoms with E-state index in [-0.39, 0.29) is 11.9 Å². The van der Waals surface area contributed by atoms with Gasteiger partial charge in [-0.05, 0) is 48.9 Å². The van der Waals surface area contributed by atoms with E-state index in [9.17, 15) is 4.79 Å². The highest BCUT2D eigenvalue weighted by Crippen LogP contribution is 2.32. The van der Waals surface area contributed by atoms with Crippen molar-refractivity contribution in [2.75, 3.05) is 20.3 Å². The maximum Gasteiger partial charge on any atom is 0.251 e. The van der Waals surface area contributed by atoms with E-state index in [2.05, 4.69) is 5.32 Å². The molecule has 0 aromatic heterocycles. The Morgan fingerprint density at radius 2 is 1.78 bits per heavy atom. The number of rotatable bonds is 4. The molecule has 23 heavy (non-hydrogen) atoms.